The van der Waals surface area contributed by atoms with E-state index in [0.717, 1.165) is 22.8 Å². The summed E-state index contributed by atoms with van der Waals surface area (Å²) < 4.78 is 0. The summed E-state index contributed by atoms with van der Waals surface area (Å²) in [5, 5.41) is 80.9. The predicted molar refractivity (Wildman–Crippen MR) is 138 cm³/mol. The molecule has 0 fully saturated rings. The first-order chi connectivity index (χ1) is 17.4. The second kappa shape index (κ2) is 10.2. The molecule has 8 heteroatoms. The summed E-state index contributed by atoms with van der Waals surface area (Å²) in [5.74, 6) is -1.51. The summed E-state index contributed by atoms with van der Waals surface area (Å²) >= 11 is 0. The molecule has 196 valence electrons. The zero-order valence-corrected chi connectivity index (χ0v) is 20.7. The van der Waals surface area contributed by atoms with Gasteiger partial charge in [-0.05, 0) is 72.2 Å². The van der Waals surface area contributed by atoms with Gasteiger partial charge in [-0.3, -0.25) is 0 Å². The first-order valence-corrected chi connectivity index (χ1v) is 12.0. The molecule has 3 unspecified atom stereocenters. The van der Waals surface area contributed by atoms with Gasteiger partial charge in [0.15, 0.2) is 11.5 Å². The Labute approximate surface area is 214 Å². The number of benzene rings is 2. The maximum atomic E-state index is 10.8. The minimum absolute atomic E-state index is 0.0121. The smallest absolute Gasteiger partial charge is 0.161 e. The van der Waals surface area contributed by atoms with Gasteiger partial charge in [-0.15, -0.1) is 0 Å². The monoisotopic (exact) mass is 508 g/mol. The molecule has 2 aromatic rings. The van der Waals surface area contributed by atoms with Crippen LogP contribution in [0.25, 0.3) is 0 Å². The molecule has 8 N–H and O–H groups in total. The van der Waals surface area contributed by atoms with Gasteiger partial charge in [0.25, 0.3) is 0 Å². The summed E-state index contributed by atoms with van der Waals surface area (Å²) in [6.45, 7) is 3.59. The molecule has 4 rings (SSSR count). The molecule has 0 saturated carbocycles. The number of aromatic hydroxyl groups is 4. The maximum Gasteiger partial charge on any atom is 0.161 e. The van der Waals surface area contributed by atoms with Crippen molar-refractivity contribution in [3.63, 3.8) is 0 Å². The Bertz CT molecular complexity index is 1350. The molecule has 0 heterocycles. The number of phenols is 4. The number of hydrogen-bond acceptors (Lipinski definition) is 8. The number of hydrogen-bond donors (Lipinski definition) is 8. The van der Waals surface area contributed by atoms with E-state index in [9.17, 15) is 40.9 Å². The lowest BCUT2D eigenvalue weighted by molar-refractivity contribution is 0.132. The summed E-state index contributed by atoms with van der Waals surface area (Å²) in [4.78, 5) is 0. The molecule has 0 radical (unpaired) electrons. The summed E-state index contributed by atoms with van der Waals surface area (Å²) in [6, 6.07) is 5.98. The highest BCUT2D eigenvalue weighted by Gasteiger charge is 2.28. The van der Waals surface area contributed by atoms with Crippen LogP contribution >= 0.6 is 0 Å². The average Bonchev–Trinajstić information content (AvgIpc) is 2.82. The summed E-state index contributed by atoms with van der Waals surface area (Å²) in [6.07, 6.45) is 4.11. The van der Waals surface area contributed by atoms with Crippen molar-refractivity contribution in [3.8, 4) is 23.0 Å². The van der Waals surface area contributed by atoms with Crippen LogP contribution < -0.4 is 0 Å². The van der Waals surface area contributed by atoms with Crippen molar-refractivity contribution < 1.29 is 40.9 Å². The Morgan fingerprint density at radius 2 is 1.49 bits per heavy atom. The van der Waals surface area contributed by atoms with Crippen molar-refractivity contribution >= 4 is 0 Å². The Morgan fingerprint density at radius 1 is 0.784 bits per heavy atom. The lowest BCUT2D eigenvalue weighted by Gasteiger charge is -2.28. The number of aliphatic hydroxyl groups is 4. The predicted octanol–water partition coefficient (Wildman–Crippen LogP) is 4.22. The van der Waals surface area contributed by atoms with Crippen LogP contribution in [-0.2, 0) is 12.8 Å². The van der Waals surface area contributed by atoms with Gasteiger partial charge < -0.3 is 40.9 Å². The van der Waals surface area contributed by atoms with E-state index < -0.39 is 18.0 Å². The molecule has 0 aliphatic heterocycles. The van der Waals surface area contributed by atoms with E-state index in [1.807, 2.05) is 31.2 Å². The quantitative estimate of drug-likeness (QED) is 0.212. The lowest BCUT2D eigenvalue weighted by Crippen LogP contribution is -2.25. The van der Waals surface area contributed by atoms with Crippen LogP contribution in [0.15, 0.2) is 70.7 Å². The van der Waals surface area contributed by atoms with Gasteiger partial charge in [-0.2, -0.15) is 0 Å². The van der Waals surface area contributed by atoms with E-state index in [4.69, 9.17) is 0 Å². The molecule has 2 aromatic carbocycles. The molecular weight excluding hydrogens is 476 g/mol. The number of aliphatic hydroxyl groups excluding tert-OH is 4. The van der Waals surface area contributed by atoms with Gasteiger partial charge in [0, 0.05) is 30.4 Å². The average molecular weight is 509 g/mol. The Balaban J connectivity index is 1.60. The Kier molecular flexibility index (Phi) is 7.25. The molecule has 0 saturated heterocycles. The van der Waals surface area contributed by atoms with Crippen molar-refractivity contribution in [2.75, 3.05) is 0 Å². The molecule has 0 aromatic heterocycles. The fourth-order valence-corrected chi connectivity index (χ4v) is 4.98. The molecule has 0 amide bonds. The molecule has 3 atom stereocenters. The van der Waals surface area contributed by atoms with Gasteiger partial charge in [0.05, 0.1) is 11.9 Å². The molecular formula is C29H32O8. The minimum atomic E-state index is -1.13. The van der Waals surface area contributed by atoms with Crippen LogP contribution in [0.5, 0.6) is 23.0 Å². The first-order valence-electron chi connectivity index (χ1n) is 12.0. The molecule has 2 aliphatic rings. The van der Waals surface area contributed by atoms with Crippen molar-refractivity contribution in [1.29, 1.82) is 0 Å². The van der Waals surface area contributed by atoms with Crippen molar-refractivity contribution in [3.05, 3.63) is 93.0 Å². The van der Waals surface area contributed by atoms with E-state index in [-0.39, 0.29) is 53.9 Å². The van der Waals surface area contributed by atoms with E-state index >= 15 is 0 Å². The van der Waals surface area contributed by atoms with Crippen LogP contribution in [0.2, 0.25) is 0 Å². The van der Waals surface area contributed by atoms with Crippen molar-refractivity contribution in [2.45, 2.75) is 51.7 Å². The second-order valence-electron chi connectivity index (χ2n) is 9.95. The molecule has 0 spiro atoms. The standard InChI is InChI=1S/C29H32O8/c1-14-3-16(6-20(28(14)36)8-18-10-24(32)26(34)12-22(18)30)5-17-4-15(2)29(37)21(7-17)9-19-11-25(33)27(35)13-23(19)31/h3-4,6-7,10-12,21,27,29-37H,5,8-9,13H2,1-2H3. The topological polar surface area (TPSA) is 162 Å². The second-order valence-corrected chi connectivity index (χ2v) is 9.95. The maximum absolute atomic E-state index is 10.8. The molecule has 8 nitrogen and oxygen atoms in total. The number of phenolic OH excluding ortho intramolecular Hbond substituents is 4. The fourth-order valence-electron chi connectivity index (χ4n) is 4.98. The minimum Gasteiger partial charge on any atom is -0.512 e. The van der Waals surface area contributed by atoms with Gasteiger partial charge in [0.1, 0.15) is 23.4 Å². The number of rotatable bonds is 6. The summed E-state index contributed by atoms with van der Waals surface area (Å²) in [7, 11) is 0. The van der Waals surface area contributed by atoms with Crippen LogP contribution in [0.1, 0.15) is 42.0 Å². The normalized spacial score (nSPS) is 21.9. The van der Waals surface area contributed by atoms with Crippen LogP contribution in [0.4, 0.5) is 0 Å². The van der Waals surface area contributed by atoms with Crippen molar-refractivity contribution in [2.24, 2.45) is 5.92 Å². The Hall–Kier alpha value is -3.88. The first kappa shape index (κ1) is 26.2. The van der Waals surface area contributed by atoms with Crippen LogP contribution in [-0.4, -0.2) is 53.1 Å². The third-order valence-corrected chi connectivity index (χ3v) is 6.99. The fraction of sp³-hybridized carbons (Fsp3) is 0.310. The molecule has 37 heavy (non-hydrogen) atoms. The number of allylic oxidation sites excluding steroid dienone is 4. The van der Waals surface area contributed by atoms with E-state index in [1.165, 1.54) is 12.1 Å². The van der Waals surface area contributed by atoms with Gasteiger partial charge in [0.2, 0.25) is 0 Å². The SMILES string of the molecule is CC1=CC(Cc2cc(C)c(O)c(Cc3cc(O)c(O)cc3O)c2)=CC(CC2=C(O)CC(O)C(O)=C2)C1O. The van der Waals surface area contributed by atoms with Gasteiger partial charge >= 0.3 is 0 Å². The van der Waals surface area contributed by atoms with Crippen LogP contribution in [0, 0.1) is 12.8 Å². The highest BCUT2D eigenvalue weighted by molar-refractivity contribution is 5.53. The number of aryl methyl sites for hydroxylation is 1. The van der Waals surface area contributed by atoms with Crippen molar-refractivity contribution in [1.82, 2.24) is 0 Å². The Morgan fingerprint density at radius 3 is 2.22 bits per heavy atom. The highest BCUT2D eigenvalue weighted by atomic mass is 16.3. The third-order valence-electron chi connectivity index (χ3n) is 6.99. The van der Waals surface area contributed by atoms with Crippen LogP contribution in [0.3, 0.4) is 0 Å². The van der Waals surface area contributed by atoms with Gasteiger partial charge in [-0.1, -0.05) is 24.3 Å². The van der Waals surface area contributed by atoms with Gasteiger partial charge in [-0.25, -0.2) is 0 Å². The zero-order chi connectivity index (χ0) is 27.0. The van der Waals surface area contributed by atoms with E-state index in [1.54, 1.807) is 6.92 Å². The highest BCUT2D eigenvalue weighted by Crippen LogP contribution is 2.37. The molecule has 2 aliphatic carbocycles. The largest absolute Gasteiger partial charge is 0.512 e. The third kappa shape index (κ3) is 5.60. The molecule has 0 bridgehead atoms. The summed E-state index contributed by atoms with van der Waals surface area (Å²) in [5.41, 5.74) is 4.57. The van der Waals surface area contributed by atoms with E-state index in [0.29, 0.717) is 28.7 Å². The van der Waals surface area contributed by atoms with E-state index in [2.05, 4.69) is 0 Å². The lowest BCUT2D eigenvalue weighted by atomic mass is 9.81. The zero-order valence-electron chi connectivity index (χ0n) is 20.7.